The molecule has 1 aromatic carbocycles. The van der Waals surface area contributed by atoms with Crippen LogP contribution in [0.1, 0.15) is 50.4 Å². The molecular weight excluding hydrogens is 438 g/mol. The van der Waals surface area contributed by atoms with Gasteiger partial charge in [-0.2, -0.15) is 17.6 Å². The van der Waals surface area contributed by atoms with E-state index in [2.05, 4.69) is 14.7 Å². The zero-order valence-corrected chi connectivity index (χ0v) is 17.7. The van der Waals surface area contributed by atoms with E-state index in [1.807, 2.05) is 0 Å². The third-order valence-electron chi connectivity index (χ3n) is 5.54. The molecule has 1 heterocycles. The molecule has 0 radical (unpaired) electrons. The van der Waals surface area contributed by atoms with Gasteiger partial charge in [-0.15, -0.1) is 0 Å². The molecule has 3 rings (SSSR count). The minimum absolute atomic E-state index is 0.0881. The van der Waals surface area contributed by atoms with Crippen LogP contribution in [0.5, 0.6) is 11.5 Å². The molecule has 1 aliphatic rings. The fourth-order valence-electron chi connectivity index (χ4n) is 3.77. The minimum atomic E-state index is -4.09. The van der Waals surface area contributed by atoms with Crippen LogP contribution >= 0.6 is 0 Å². The number of nitrogens with zero attached hydrogens (tertiary/aromatic N) is 2. The highest BCUT2D eigenvalue weighted by Crippen LogP contribution is 2.48. The standard InChI is InChI=1S/C22H24F6N2O2/c1-3-4-14-5-6-15(9-21(14,25)26)22(27,28)32-17-8-7-16(19(23)20(17)24)31-12-18-29-10-13(2)11-30-18/h7-8,10-11,14-15H,3-6,9,12H2,1-2H3. The molecule has 4 nitrogen and oxygen atoms in total. The molecule has 0 amide bonds. The zero-order valence-electron chi connectivity index (χ0n) is 17.7. The number of halogens is 6. The lowest BCUT2D eigenvalue weighted by Crippen LogP contribution is -2.45. The molecule has 0 saturated heterocycles. The fourth-order valence-corrected chi connectivity index (χ4v) is 3.77. The fraction of sp³-hybridized carbons (Fsp3) is 0.545. The lowest BCUT2D eigenvalue weighted by Gasteiger charge is -2.38. The summed E-state index contributed by atoms with van der Waals surface area (Å²) in [6.07, 6.45) is -1.67. The Bertz CT molecular complexity index is 923. The second-order valence-corrected chi connectivity index (χ2v) is 8.04. The molecule has 32 heavy (non-hydrogen) atoms. The summed E-state index contributed by atoms with van der Waals surface area (Å²) in [4.78, 5) is 7.91. The van der Waals surface area contributed by atoms with Gasteiger partial charge in [0.25, 0.3) is 5.92 Å². The maximum absolute atomic E-state index is 14.6. The third kappa shape index (κ3) is 5.45. The number of rotatable bonds is 8. The van der Waals surface area contributed by atoms with Gasteiger partial charge in [-0.25, -0.2) is 18.7 Å². The first-order valence-corrected chi connectivity index (χ1v) is 10.4. The second-order valence-electron chi connectivity index (χ2n) is 8.04. The Morgan fingerprint density at radius 1 is 1.06 bits per heavy atom. The topological polar surface area (TPSA) is 44.2 Å². The first kappa shape index (κ1) is 24.1. The molecule has 0 spiro atoms. The summed E-state index contributed by atoms with van der Waals surface area (Å²) in [6, 6.07) is 1.70. The van der Waals surface area contributed by atoms with Crippen LogP contribution < -0.4 is 9.47 Å². The molecule has 0 aliphatic heterocycles. The molecule has 2 unspecified atom stereocenters. The van der Waals surface area contributed by atoms with E-state index in [1.165, 1.54) is 12.4 Å². The van der Waals surface area contributed by atoms with Crippen LogP contribution in [0.2, 0.25) is 0 Å². The Morgan fingerprint density at radius 3 is 2.31 bits per heavy atom. The quantitative estimate of drug-likeness (QED) is 0.422. The van der Waals surface area contributed by atoms with Crippen molar-refractivity contribution in [2.45, 2.75) is 64.6 Å². The first-order valence-electron chi connectivity index (χ1n) is 10.4. The van der Waals surface area contributed by atoms with Crippen LogP contribution in [-0.2, 0) is 6.61 Å². The predicted octanol–water partition coefficient (Wildman–Crippen LogP) is 6.47. The van der Waals surface area contributed by atoms with Crippen molar-refractivity contribution in [2.75, 3.05) is 0 Å². The van der Waals surface area contributed by atoms with Gasteiger partial charge in [0.2, 0.25) is 11.6 Å². The molecule has 1 fully saturated rings. The summed E-state index contributed by atoms with van der Waals surface area (Å²) in [7, 11) is 0. The van der Waals surface area contributed by atoms with E-state index in [-0.39, 0.29) is 31.7 Å². The van der Waals surface area contributed by atoms with Crippen LogP contribution in [0.3, 0.4) is 0 Å². The zero-order chi connectivity index (χ0) is 23.5. The Labute approximate surface area is 182 Å². The molecule has 0 bridgehead atoms. The number of hydrogen-bond acceptors (Lipinski definition) is 4. The van der Waals surface area contributed by atoms with Gasteiger partial charge in [0.1, 0.15) is 6.61 Å². The molecule has 1 aliphatic carbocycles. The van der Waals surface area contributed by atoms with Crippen molar-refractivity contribution >= 4 is 0 Å². The summed E-state index contributed by atoms with van der Waals surface area (Å²) in [5, 5.41) is 0. The Balaban J connectivity index is 1.68. The normalized spacial score (nSPS) is 20.8. The molecule has 2 aromatic rings. The SMILES string of the molecule is CCCC1CCC(C(F)(F)Oc2ccc(OCc3ncc(C)cn3)c(F)c2F)CC1(F)F. The average molecular weight is 462 g/mol. The van der Waals surface area contributed by atoms with E-state index in [9.17, 15) is 26.3 Å². The number of alkyl halides is 4. The second kappa shape index (κ2) is 9.54. The monoisotopic (exact) mass is 462 g/mol. The predicted molar refractivity (Wildman–Crippen MR) is 104 cm³/mol. The van der Waals surface area contributed by atoms with E-state index in [4.69, 9.17) is 4.74 Å². The van der Waals surface area contributed by atoms with Crippen molar-refractivity contribution in [2.24, 2.45) is 11.8 Å². The summed E-state index contributed by atoms with van der Waals surface area (Å²) < 4.78 is 95.9. The lowest BCUT2D eigenvalue weighted by atomic mass is 9.76. The summed E-state index contributed by atoms with van der Waals surface area (Å²) >= 11 is 0. The van der Waals surface area contributed by atoms with Gasteiger partial charge in [0, 0.05) is 24.7 Å². The number of hydrogen-bond donors (Lipinski definition) is 0. The molecule has 1 saturated carbocycles. The van der Waals surface area contributed by atoms with Gasteiger partial charge in [-0.1, -0.05) is 13.3 Å². The first-order chi connectivity index (χ1) is 15.0. The smallest absolute Gasteiger partial charge is 0.401 e. The minimum Gasteiger partial charge on any atom is -0.482 e. The largest absolute Gasteiger partial charge is 0.482 e. The van der Waals surface area contributed by atoms with Crippen molar-refractivity contribution in [1.82, 2.24) is 9.97 Å². The third-order valence-corrected chi connectivity index (χ3v) is 5.54. The van der Waals surface area contributed by atoms with Crippen LogP contribution in [0.15, 0.2) is 24.5 Å². The van der Waals surface area contributed by atoms with Crippen molar-refractivity contribution in [3.8, 4) is 11.5 Å². The molecule has 10 heteroatoms. The molecule has 0 N–H and O–H groups in total. The summed E-state index contributed by atoms with van der Waals surface area (Å²) in [6.45, 7) is 3.24. The van der Waals surface area contributed by atoms with E-state index < -0.39 is 53.4 Å². The van der Waals surface area contributed by atoms with Crippen LogP contribution in [-0.4, -0.2) is 22.0 Å². The van der Waals surface area contributed by atoms with E-state index in [0.29, 0.717) is 6.42 Å². The number of ether oxygens (including phenoxy) is 2. The van der Waals surface area contributed by atoms with Crippen molar-refractivity contribution < 1.29 is 35.8 Å². The molecule has 2 atom stereocenters. The van der Waals surface area contributed by atoms with Gasteiger partial charge in [0.15, 0.2) is 17.3 Å². The maximum atomic E-state index is 14.6. The van der Waals surface area contributed by atoms with Crippen molar-refractivity contribution in [1.29, 1.82) is 0 Å². The highest BCUT2D eigenvalue weighted by Gasteiger charge is 2.54. The van der Waals surface area contributed by atoms with Gasteiger partial charge >= 0.3 is 6.11 Å². The molecule has 176 valence electrons. The van der Waals surface area contributed by atoms with Crippen LogP contribution in [0, 0.1) is 30.4 Å². The number of aryl methyl sites for hydroxylation is 1. The van der Waals surface area contributed by atoms with Crippen LogP contribution in [0.25, 0.3) is 0 Å². The Hall–Kier alpha value is -2.52. The average Bonchev–Trinajstić information content (AvgIpc) is 2.73. The molecule has 1 aromatic heterocycles. The van der Waals surface area contributed by atoms with Gasteiger partial charge < -0.3 is 9.47 Å². The summed E-state index contributed by atoms with van der Waals surface area (Å²) in [5.74, 6) is -10.7. The number of benzene rings is 1. The Morgan fingerprint density at radius 2 is 1.69 bits per heavy atom. The summed E-state index contributed by atoms with van der Waals surface area (Å²) in [5.41, 5.74) is 0.796. The Kier molecular flexibility index (Phi) is 7.19. The highest BCUT2D eigenvalue weighted by molar-refractivity contribution is 5.35. The van der Waals surface area contributed by atoms with Gasteiger partial charge in [-0.3, -0.25) is 0 Å². The molecular formula is C22H24F6N2O2. The number of aromatic nitrogens is 2. The van der Waals surface area contributed by atoms with Gasteiger partial charge in [-0.05, 0) is 43.9 Å². The van der Waals surface area contributed by atoms with Crippen molar-refractivity contribution in [3.05, 3.63) is 47.5 Å². The van der Waals surface area contributed by atoms with Gasteiger partial charge in [0.05, 0.1) is 5.92 Å². The van der Waals surface area contributed by atoms with Crippen LogP contribution in [0.4, 0.5) is 26.3 Å². The highest BCUT2D eigenvalue weighted by atomic mass is 19.3. The lowest BCUT2D eigenvalue weighted by molar-refractivity contribution is -0.248. The van der Waals surface area contributed by atoms with Crippen molar-refractivity contribution in [3.63, 3.8) is 0 Å². The van der Waals surface area contributed by atoms with E-state index in [0.717, 1.165) is 17.7 Å². The maximum Gasteiger partial charge on any atom is 0.401 e. The van der Waals surface area contributed by atoms with E-state index in [1.54, 1.807) is 13.8 Å². The van der Waals surface area contributed by atoms with E-state index >= 15 is 0 Å².